The summed E-state index contributed by atoms with van der Waals surface area (Å²) < 4.78 is 40.3. The van der Waals surface area contributed by atoms with Gasteiger partial charge in [-0.25, -0.2) is 12.8 Å². The first kappa shape index (κ1) is 13.1. The molecule has 0 fully saturated rings. The maximum atomic E-state index is 13.5. The van der Waals surface area contributed by atoms with E-state index in [0.29, 0.717) is 6.54 Å². The van der Waals surface area contributed by atoms with E-state index in [2.05, 4.69) is 10.0 Å². The Labute approximate surface area is 116 Å². The lowest BCUT2D eigenvalue weighted by atomic mass is 10.1. The number of fused-ring (bicyclic) bond motifs is 1. The summed E-state index contributed by atoms with van der Waals surface area (Å²) in [7, 11) is -3.78. The van der Waals surface area contributed by atoms with Gasteiger partial charge in [0.05, 0.1) is 10.6 Å². The summed E-state index contributed by atoms with van der Waals surface area (Å²) >= 11 is 0. The molecule has 20 heavy (non-hydrogen) atoms. The van der Waals surface area contributed by atoms with Crippen LogP contribution in [0, 0.1) is 5.82 Å². The van der Waals surface area contributed by atoms with Gasteiger partial charge >= 0.3 is 0 Å². The Morgan fingerprint density at radius 1 is 1.05 bits per heavy atom. The molecule has 0 saturated carbocycles. The van der Waals surface area contributed by atoms with E-state index < -0.39 is 15.8 Å². The molecule has 4 nitrogen and oxygen atoms in total. The fraction of sp³-hybridized carbons (Fsp3) is 0.143. The molecule has 2 N–H and O–H groups in total. The molecule has 0 spiro atoms. The van der Waals surface area contributed by atoms with Crippen LogP contribution in [0.4, 0.5) is 10.1 Å². The van der Waals surface area contributed by atoms with Crippen molar-refractivity contribution in [3.63, 3.8) is 0 Å². The summed E-state index contributed by atoms with van der Waals surface area (Å²) in [5, 5.41) is 3.15. The number of rotatable bonds is 3. The Morgan fingerprint density at radius 2 is 1.80 bits per heavy atom. The highest BCUT2D eigenvalue weighted by atomic mass is 32.2. The average Bonchev–Trinajstić information content (AvgIpc) is 2.88. The lowest BCUT2D eigenvalue weighted by molar-refractivity contribution is 0.598. The molecular weight excluding hydrogens is 279 g/mol. The molecule has 104 valence electrons. The first-order valence-corrected chi connectivity index (χ1v) is 7.64. The van der Waals surface area contributed by atoms with Crippen molar-refractivity contribution in [2.75, 3.05) is 4.72 Å². The van der Waals surface area contributed by atoms with Crippen LogP contribution in [0.5, 0.6) is 0 Å². The maximum Gasteiger partial charge on any atom is 0.261 e. The average molecular weight is 292 g/mol. The smallest absolute Gasteiger partial charge is 0.261 e. The van der Waals surface area contributed by atoms with Crippen molar-refractivity contribution in [3.8, 4) is 0 Å². The summed E-state index contributed by atoms with van der Waals surface area (Å²) in [4.78, 5) is 0.142. The van der Waals surface area contributed by atoms with Gasteiger partial charge in [-0.3, -0.25) is 4.72 Å². The Morgan fingerprint density at radius 3 is 2.60 bits per heavy atom. The monoisotopic (exact) mass is 292 g/mol. The molecule has 0 atom stereocenters. The summed E-state index contributed by atoms with van der Waals surface area (Å²) in [5.41, 5.74) is 2.00. The molecule has 3 rings (SSSR count). The number of halogens is 1. The van der Waals surface area contributed by atoms with Gasteiger partial charge in [-0.05, 0) is 35.4 Å². The predicted octanol–water partition coefficient (Wildman–Crippen LogP) is 2.23. The Kier molecular flexibility index (Phi) is 3.19. The molecular formula is C14H13FN2O2S. The third kappa shape index (κ3) is 2.39. The van der Waals surface area contributed by atoms with E-state index in [1.54, 1.807) is 18.2 Å². The van der Waals surface area contributed by atoms with Gasteiger partial charge in [0.15, 0.2) is 0 Å². The number of para-hydroxylation sites is 1. The number of nitrogens with one attached hydrogen (secondary N) is 2. The topological polar surface area (TPSA) is 58.2 Å². The molecule has 1 aliphatic heterocycles. The molecule has 2 aromatic carbocycles. The zero-order chi connectivity index (χ0) is 14.2. The number of sulfonamides is 1. The lowest BCUT2D eigenvalue weighted by Crippen LogP contribution is -2.14. The minimum absolute atomic E-state index is 0.0499. The molecule has 0 aromatic heterocycles. The van der Waals surface area contributed by atoms with Crippen LogP contribution in [0.25, 0.3) is 0 Å². The highest BCUT2D eigenvalue weighted by molar-refractivity contribution is 7.92. The van der Waals surface area contributed by atoms with E-state index >= 15 is 0 Å². The zero-order valence-corrected chi connectivity index (χ0v) is 11.4. The lowest BCUT2D eigenvalue weighted by Gasteiger charge is -2.10. The molecule has 0 unspecified atom stereocenters. The van der Waals surface area contributed by atoms with E-state index in [1.807, 2.05) is 0 Å². The van der Waals surface area contributed by atoms with Gasteiger partial charge in [0.2, 0.25) is 0 Å². The fourth-order valence-electron chi connectivity index (χ4n) is 2.19. The van der Waals surface area contributed by atoms with Crippen LogP contribution >= 0.6 is 0 Å². The largest absolute Gasteiger partial charge is 0.309 e. The highest BCUT2D eigenvalue weighted by Crippen LogP contribution is 2.23. The molecule has 2 aromatic rings. The van der Waals surface area contributed by atoms with Crippen LogP contribution in [-0.4, -0.2) is 8.42 Å². The summed E-state index contributed by atoms with van der Waals surface area (Å²) in [6.45, 7) is 1.40. The second kappa shape index (κ2) is 4.88. The van der Waals surface area contributed by atoms with E-state index in [4.69, 9.17) is 0 Å². The summed E-state index contributed by atoms with van der Waals surface area (Å²) in [6.07, 6.45) is 0. The van der Waals surface area contributed by atoms with Gasteiger partial charge in [0.1, 0.15) is 5.82 Å². The van der Waals surface area contributed by atoms with Crippen molar-refractivity contribution in [2.45, 2.75) is 18.0 Å². The Balaban J connectivity index is 1.94. The van der Waals surface area contributed by atoms with Gasteiger partial charge in [0, 0.05) is 13.1 Å². The van der Waals surface area contributed by atoms with Crippen LogP contribution in [0.2, 0.25) is 0 Å². The third-order valence-corrected chi connectivity index (χ3v) is 4.60. The molecule has 0 bridgehead atoms. The van der Waals surface area contributed by atoms with Crippen LogP contribution in [0.15, 0.2) is 47.4 Å². The maximum absolute atomic E-state index is 13.5. The third-order valence-electron chi connectivity index (χ3n) is 3.24. The van der Waals surface area contributed by atoms with Crippen molar-refractivity contribution < 1.29 is 12.8 Å². The standard InChI is InChI=1S/C14H13FN2O2S/c15-13-3-1-2-4-14(13)17-20(18,19)12-6-5-10-8-16-9-11(10)7-12/h1-7,16-17H,8-9H2. The molecule has 1 aliphatic rings. The summed E-state index contributed by atoms with van der Waals surface area (Å²) in [5.74, 6) is -0.598. The summed E-state index contributed by atoms with van der Waals surface area (Å²) in [6, 6.07) is 10.6. The van der Waals surface area contributed by atoms with Gasteiger partial charge in [-0.15, -0.1) is 0 Å². The van der Waals surface area contributed by atoms with Crippen LogP contribution < -0.4 is 10.0 Å². The predicted molar refractivity (Wildman–Crippen MR) is 74.2 cm³/mol. The molecule has 1 heterocycles. The quantitative estimate of drug-likeness (QED) is 0.912. The number of anilines is 1. The molecule has 0 radical (unpaired) electrons. The molecule has 6 heteroatoms. The number of hydrogen-bond donors (Lipinski definition) is 2. The van der Waals surface area contributed by atoms with E-state index in [9.17, 15) is 12.8 Å². The minimum atomic E-state index is -3.78. The van der Waals surface area contributed by atoms with Gasteiger partial charge in [0.25, 0.3) is 10.0 Å². The molecule has 0 aliphatic carbocycles. The van der Waals surface area contributed by atoms with Crippen LogP contribution in [0.1, 0.15) is 11.1 Å². The van der Waals surface area contributed by atoms with Crippen molar-refractivity contribution in [1.82, 2.24) is 5.32 Å². The first-order valence-electron chi connectivity index (χ1n) is 6.16. The zero-order valence-electron chi connectivity index (χ0n) is 10.6. The van der Waals surface area contributed by atoms with E-state index in [1.165, 1.54) is 24.3 Å². The second-order valence-electron chi connectivity index (χ2n) is 4.62. The molecule has 0 amide bonds. The van der Waals surface area contributed by atoms with Gasteiger partial charge in [-0.2, -0.15) is 0 Å². The van der Waals surface area contributed by atoms with Crippen molar-refractivity contribution in [3.05, 3.63) is 59.4 Å². The number of benzene rings is 2. The van der Waals surface area contributed by atoms with Crippen molar-refractivity contribution in [2.24, 2.45) is 0 Å². The molecule has 0 saturated heterocycles. The first-order chi connectivity index (χ1) is 9.56. The van der Waals surface area contributed by atoms with Crippen LogP contribution in [-0.2, 0) is 23.1 Å². The highest BCUT2D eigenvalue weighted by Gasteiger charge is 2.19. The van der Waals surface area contributed by atoms with Crippen molar-refractivity contribution >= 4 is 15.7 Å². The van der Waals surface area contributed by atoms with E-state index in [0.717, 1.165) is 17.7 Å². The number of hydrogen-bond acceptors (Lipinski definition) is 3. The Hall–Kier alpha value is -1.92. The fourth-order valence-corrected chi connectivity index (χ4v) is 3.30. The normalized spacial score (nSPS) is 14.1. The minimum Gasteiger partial charge on any atom is -0.309 e. The van der Waals surface area contributed by atoms with Crippen LogP contribution in [0.3, 0.4) is 0 Å². The second-order valence-corrected chi connectivity index (χ2v) is 6.30. The van der Waals surface area contributed by atoms with Gasteiger partial charge in [-0.1, -0.05) is 18.2 Å². The van der Waals surface area contributed by atoms with E-state index in [-0.39, 0.29) is 10.6 Å². The Bertz CT molecular complexity index is 760. The van der Waals surface area contributed by atoms with Crippen molar-refractivity contribution in [1.29, 1.82) is 0 Å². The van der Waals surface area contributed by atoms with Gasteiger partial charge < -0.3 is 5.32 Å². The SMILES string of the molecule is O=S(=O)(Nc1ccccc1F)c1ccc2c(c1)CNC2.